The topological polar surface area (TPSA) is 113 Å². The van der Waals surface area contributed by atoms with Gasteiger partial charge in [0.05, 0.1) is 6.10 Å². The normalized spacial score (nSPS) is 14.7. The van der Waals surface area contributed by atoms with Gasteiger partial charge in [-0.05, 0) is 48.5 Å². The number of aliphatic carboxylic acids is 1. The molecule has 0 unspecified atom stereocenters. The highest BCUT2D eigenvalue weighted by atomic mass is 16.6. The lowest BCUT2D eigenvalue weighted by atomic mass is 10.1. The minimum atomic E-state index is -1.82. The van der Waals surface area contributed by atoms with Crippen LogP contribution in [-0.2, 0) is 14.3 Å². The maximum Gasteiger partial charge on any atom is 0.420 e. The highest BCUT2D eigenvalue weighted by Crippen LogP contribution is 2.18. The van der Waals surface area contributed by atoms with Gasteiger partial charge in [-0.15, -0.1) is 0 Å². The first-order valence-electron chi connectivity index (χ1n) is 6.82. The zero-order valence-electron chi connectivity index (χ0n) is 14.0. The van der Waals surface area contributed by atoms with E-state index in [1.54, 1.807) is 41.5 Å². The third-order valence-electron chi connectivity index (χ3n) is 2.17. The first-order chi connectivity index (χ1) is 9.65. The second kappa shape index (κ2) is 6.95. The number of aliphatic hydroxyl groups excluding tert-OH is 1. The molecule has 0 saturated heterocycles. The molecule has 0 aliphatic rings. The van der Waals surface area contributed by atoms with Crippen LogP contribution in [0.2, 0.25) is 0 Å². The summed E-state index contributed by atoms with van der Waals surface area (Å²) in [6.07, 6.45) is -3.90. The zero-order chi connectivity index (χ0) is 17.9. The number of carboxylic acid groups (broad SMARTS) is 1. The van der Waals surface area contributed by atoms with Gasteiger partial charge >= 0.3 is 18.2 Å². The Morgan fingerprint density at radius 3 is 1.41 bits per heavy atom. The van der Waals surface area contributed by atoms with Gasteiger partial charge in [-0.1, -0.05) is 0 Å². The first kappa shape index (κ1) is 20.2. The molecule has 0 spiro atoms. The van der Waals surface area contributed by atoms with Crippen LogP contribution in [-0.4, -0.2) is 56.6 Å². The van der Waals surface area contributed by atoms with E-state index in [0.717, 1.165) is 6.92 Å². The first-order valence-corrected chi connectivity index (χ1v) is 6.82. The second-order valence-corrected chi connectivity index (χ2v) is 6.85. The molecule has 0 radical (unpaired) electrons. The maximum absolute atomic E-state index is 12.2. The number of carbonyl (C=O) groups excluding carboxylic acids is 2. The summed E-state index contributed by atoms with van der Waals surface area (Å²) in [5, 5.41) is 18.8. The predicted molar refractivity (Wildman–Crippen MR) is 77.4 cm³/mol. The summed E-state index contributed by atoms with van der Waals surface area (Å²) in [5.74, 6) is -1.55. The molecule has 8 heteroatoms. The van der Waals surface area contributed by atoms with E-state index >= 15 is 0 Å². The van der Waals surface area contributed by atoms with Crippen molar-refractivity contribution in [1.29, 1.82) is 0 Å². The molecular formula is C14H25NO7. The van der Waals surface area contributed by atoms with Crippen molar-refractivity contribution < 1.29 is 34.1 Å². The number of carboxylic acids is 1. The molecule has 2 atom stereocenters. The quantitative estimate of drug-likeness (QED) is 0.817. The van der Waals surface area contributed by atoms with Crippen molar-refractivity contribution in [2.24, 2.45) is 0 Å². The average Bonchev–Trinajstić information content (AvgIpc) is 2.18. The van der Waals surface area contributed by atoms with E-state index in [0.29, 0.717) is 0 Å². The van der Waals surface area contributed by atoms with Gasteiger partial charge in [0.1, 0.15) is 11.2 Å². The lowest BCUT2D eigenvalue weighted by Gasteiger charge is -2.32. The Labute approximate surface area is 130 Å². The number of nitrogens with zero attached hydrogens (tertiary/aromatic N) is 1. The molecular weight excluding hydrogens is 294 g/mol. The number of amides is 2. The van der Waals surface area contributed by atoms with E-state index < -0.39 is 41.5 Å². The molecule has 128 valence electrons. The molecule has 0 aromatic heterocycles. The third-order valence-corrected chi connectivity index (χ3v) is 2.17. The molecule has 2 N–H and O–H groups in total. The zero-order valence-corrected chi connectivity index (χ0v) is 14.0. The van der Waals surface area contributed by atoms with E-state index in [-0.39, 0.29) is 4.90 Å². The van der Waals surface area contributed by atoms with Crippen LogP contribution in [0.25, 0.3) is 0 Å². The van der Waals surface area contributed by atoms with Crippen LogP contribution >= 0.6 is 0 Å². The van der Waals surface area contributed by atoms with E-state index in [4.69, 9.17) is 9.47 Å². The Hall–Kier alpha value is -1.83. The second-order valence-electron chi connectivity index (χ2n) is 6.85. The van der Waals surface area contributed by atoms with Crippen molar-refractivity contribution in [3.8, 4) is 0 Å². The van der Waals surface area contributed by atoms with Gasteiger partial charge in [-0.3, -0.25) is 0 Å². The van der Waals surface area contributed by atoms with Gasteiger partial charge in [-0.2, -0.15) is 4.90 Å². The van der Waals surface area contributed by atoms with Gasteiger partial charge < -0.3 is 19.7 Å². The van der Waals surface area contributed by atoms with Crippen molar-refractivity contribution >= 4 is 18.2 Å². The Balaban J connectivity index is 5.61. The van der Waals surface area contributed by atoms with Crippen molar-refractivity contribution in [2.75, 3.05) is 0 Å². The van der Waals surface area contributed by atoms with Crippen molar-refractivity contribution in [2.45, 2.75) is 71.8 Å². The summed E-state index contributed by atoms with van der Waals surface area (Å²) in [6, 6.07) is -1.82. The van der Waals surface area contributed by atoms with Crippen LogP contribution in [0.4, 0.5) is 9.59 Å². The van der Waals surface area contributed by atoms with Gasteiger partial charge in [0.25, 0.3) is 0 Å². The smallest absolute Gasteiger partial charge is 0.420 e. The number of rotatable bonds is 3. The lowest BCUT2D eigenvalue weighted by Crippen LogP contribution is -2.55. The van der Waals surface area contributed by atoms with Crippen LogP contribution in [0.5, 0.6) is 0 Å². The number of aliphatic hydroxyl groups is 1. The van der Waals surface area contributed by atoms with Crippen molar-refractivity contribution in [3.05, 3.63) is 0 Å². The molecule has 2 amide bonds. The molecule has 0 heterocycles. The van der Waals surface area contributed by atoms with E-state index in [1.807, 2.05) is 0 Å². The fourth-order valence-electron chi connectivity index (χ4n) is 1.46. The largest absolute Gasteiger partial charge is 0.480 e. The molecule has 0 aliphatic carbocycles. The van der Waals surface area contributed by atoms with Gasteiger partial charge in [0, 0.05) is 0 Å². The van der Waals surface area contributed by atoms with E-state index in [1.165, 1.54) is 0 Å². The summed E-state index contributed by atoms with van der Waals surface area (Å²) in [6.45, 7) is 10.5. The number of carbonyl (C=O) groups is 3. The summed E-state index contributed by atoms with van der Waals surface area (Å²) in [5.41, 5.74) is -1.89. The average molecular weight is 319 g/mol. The van der Waals surface area contributed by atoms with Crippen molar-refractivity contribution in [1.82, 2.24) is 4.90 Å². The monoisotopic (exact) mass is 319 g/mol. The molecule has 0 fully saturated rings. The molecule has 8 nitrogen and oxygen atoms in total. The minimum absolute atomic E-state index is 0.281. The van der Waals surface area contributed by atoms with Crippen LogP contribution in [0, 0.1) is 0 Å². The number of ether oxygens (including phenoxy) is 2. The fraction of sp³-hybridized carbons (Fsp3) is 0.786. The van der Waals surface area contributed by atoms with E-state index in [9.17, 15) is 24.6 Å². The van der Waals surface area contributed by atoms with Gasteiger partial charge in [0.2, 0.25) is 0 Å². The lowest BCUT2D eigenvalue weighted by molar-refractivity contribution is -0.146. The summed E-state index contributed by atoms with van der Waals surface area (Å²) in [4.78, 5) is 35.9. The molecule has 0 aromatic carbocycles. The molecule has 0 aliphatic heterocycles. The fourth-order valence-corrected chi connectivity index (χ4v) is 1.46. The summed E-state index contributed by atoms with van der Waals surface area (Å²) in [7, 11) is 0. The predicted octanol–water partition coefficient (Wildman–Crippen LogP) is 1.99. The van der Waals surface area contributed by atoms with Gasteiger partial charge in [-0.25, -0.2) is 14.4 Å². The molecule has 0 bridgehead atoms. The van der Waals surface area contributed by atoms with Crippen LogP contribution in [0.1, 0.15) is 48.5 Å². The standard InChI is InChI=1S/C14H25NO7/c1-8(16)9(10(17)18)15(11(19)21-13(2,3)4)12(20)22-14(5,6)7/h8-9,16H,1-7H3,(H,17,18)/t8-,9+/m1/s1. The SMILES string of the molecule is C[C@@H](O)[C@@H](C(=O)O)N(C(=O)OC(C)(C)C)C(=O)OC(C)(C)C. The van der Waals surface area contributed by atoms with E-state index in [2.05, 4.69) is 0 Å². The van der Waals surface area contributed by atoms with Crippen LogP contribution < -0.4 is 0 Å². The Morgan fingerprint density at radius 1 is 0.909 bits per heavy atom. The Kier molecular flexibility index (Phi) is 6.37. The number of hydrogen-bond acceptors (Lipinski definition) is 6. The highest BCUT2D eigenvalue weighted by Gasteiger charge is 2.42. The number of imide groups is 1. The Morgan fingerprint density at radius 2 is 1.23 bits per heavy atom. The minimum Gasteiger partial charge on any atom is -0.480 e. The van der Waals surface area contributed by atoms with Crippen molar-refractivity contribution in [3.63, 3.8) is 0 Å². The highest BCUT2D eigenvalue weighted by molar-refractivity contribution is 5.94. The maximum atomic E-state index is 12.2. The molecule has 0 saturated carbocycles. The van der Waals surface area contributed by atoms with Crippen LogP contribution in [0.15, 0.2) is 0 Å². The number of hydrogen-bond donors (Lipinski definition) is 2. The Bertz CT molecular complexity index is 403. The molecule has 22 heavy (non-hydrogen) atoms. The van der Waals surface area contributed by atoms with Crippen LogP contribution in [0.3, 0.4) is 0 Å². The summed E-state index contributed by atoms with van der Waals surface area (Å²) < 4.78 is 10.1. The third kappa shape index (κ3) is 6.75. The molecule has 0 aromatic rings. The van der Waals surface area contributed by atoms with Gasteiger partial charge in [0.15, 0.2) is 6.04 Å². The summed E-state index contributed by atoms with van der Waals surface area (Å²) >= 11 is 0. The molecule has 0 rings (SSSR count).